The van der Waals surface area contributed by atoms with Crippen LogP contribution in [0.25, 0.3) is 0 Å². The van der Waals surface area contributed by atoms with Crippen molar-refractivity contribution in [1.29, 1.82) is 0 Å². The van der Waals surface area contributed by atoms with Crippen LogP contribution in [-0.2, 0) is 16.1 Å². The van der Waals surface area contributed by atoms with Gasteiger partial charge in [0.2, 0.25) is 0 Å². The molecule has 106 valence electrons. The van der Waals surface area contributed by atoms with Gasteiger partial charge in [0, 0.05) is 6.54 Å². The third-order valence-corrected chi connectivity index (χ3v) is 3.09. The Morgan fingerprint density at radius 3 is 2.58 bits per heavy atom. The second-order valence-electron chi connectivity index (χ2n) is 5.45. The first-order valence-corrected chi connectivity index (χ1v) is 6.38. The van der Waals surface area contributed by atoms with E-state index in [2.05, 4.69) is 5.32 Å². The van der Waals surface area contributed by atoms with E-state index < -0.39 is 11.9 Å². The standard InChI is InChI=1S/C14H19ClFNO2/c1-14(2,3)12(13(18)19-4)17-8-9-5-6-11(16)10(15)7-9/h5-7,12,17H,8H2,1-4H3. The summed E-state index contributed by atoms with van der Waals surface area (Å²) in [5, 5.41) is 3.19. The van der Waals surface area contributed by atoms with Crippen LogP contribution < -0.4 is 5.32 Å². The lowest BCUT2D eigenvalue weighted by Crippen LogP contribution is -2.46. The molecule has 0 saturated heterocycles. The molecule has 0 radical (unpaired) electrons. The first kappa shape index (κ1) is 15.9. The highest BCUT2D eigenvalue weighted by Crippen LogP contribution is 2.21. The number of benzene rings is 1. The summed E-state index contributed by atoms with van der Waals surface area (Å²) in [6.07, 6.45) is 0. The molecule has 1 atom stereocenters. The van der Waals surface area contributed by atoms with Crippen molar-refractivity contribution >= 4 is 17.6 Å². The fourth-order valence-electron chi connectivity index (χ4n) is 1.73. The molecule has 0 fully saturated rings. The maximum atomic E-state index is 13.0. The fraction of sp³-hybridized carbons (Fsp3) is 0.500. The first-order chi connectivity index (χ1) is 8.75. The predicted octanol–water partition coefficient (Wildman–Crippen LogP) is 3.16. The lowest BCUT2D eigenvalue weighted by molar-refractivity contribution is -0.146. The van der Waals surface area contributed by atoms with E-state index in [1.54, 1.807) is 12.1 Å². The molecular formula is C14H19ClFNO2. The molecule has 1 N–H and O–H groups in total. The molecule has 0 amide bonds. The minimum atomic E-state index is -0.453. The van der Waals surface area contributed by atoms with Crippen molar-refractivity contribution in [3.63, 3.8) is 0 Å². The summed E-state index contributed by atoms with van der Waals surface area (Å²) < 4.78 is 17.8. The minimum Gasteiger partial charge on any atom is -0.468 e. The van der Waals surface area contributed by atoms with Gasteiger partial charge in [0.25, 0.3) is 0 Å². The Balaban J connectivity index is 2.76. The van der Waals surface area contributed by atoms with Gasteiger partial charge in [-0.25, -0.2) is 4.39 Å². The number of ether oxygens (including phenoxy) is 1. The third kappa shape index (κ3) is 4.48. The van der Waals surface area contributed by atoms with Gasteiger partial charge in [-0.15, -0.1) is 0 Å². The number of hydrogen-bond donors (Lipinski definition) is 1. The largest absolute Gasteiger partial charge is 0.468 e. The van der Waals surface area contributed by atoms with Crippen molar-refractivity contribution in [1.82, 2.24) is 5.32 Å². The number of rotatable bonds is 4. The molecule has 19 heavy (non-hydrogen) atoms. The molecule has 0 aliphatic rings. The van der Waals surface area contributed by atoms with Crippen molar-refractivity contribution in [2.45, 2.75) is 33.4 Å². The maximum Gasteiger partial charge on any atom is 0.323 e. The van der Waals surface area contributed by atoms with Crippen LogP contribution in [0.3, 0.4) is 0 Å². The summed E-state index contributed by atoms with van der Waals surface area (Å²) in [5.74, 6) is -0.772. The van der Waals surface area contributed by atoms with Crippen LogP contribution in [0.15, 0.2) is 18.2 Å². The molecule has 0 saturated carbocycles. The van der Waals surface area contributed by atoms with E-state index in [1.165, 1.54) is 13.2 Å². The molecule has 5 heteroatoms. The van der Waals surface area contributed by atoms with E-state index in [4.69, 9.17) is 16.3 Å². The number of methoxy groups -OCH3 is 1. The molecular weight excluding hydrogens is 269 g/mol. The smallest absolute Gasteiger partial charge is 0.323 e. The molecule has 0 aromatic heterocycles. The molecule has 0 aliphatic heterocycles. The Kier molecular flexibility index (Phi) is 5.32. The van der Waals surface area contributed by atoms with Gasteiger partial charge >= 0.3 is 5.97 Å². The van der Waals surface area contributed by atoms with Crippen LogP contribution in [0.1, 0.15) is 26.3 Å². The summed E-state index contributed by atoms with van der Waals surface area (Å²) in [6.45, 7) is 6.24. The highest BCUT2D eigenvalue weighted by Gasteiger charge is 2.31. The van der Waals surface area contributed by atoms with Crippen LogP contribution >= 0.6 is 11.6 Å². The normalized spacial score (nSPS) is 13.2. The van der Waals surface area contributed by atoms with E-state index in [0.717, 1.165) is 5.56 Å². The van der Waals surface area contributed by atoms with Gasteiger partial charge < -0.3 is 4.74 Å². The average molecular weight is 288 g/mol. The van der Waals surface area contributed by atoms with Crippen LogP contribution in [-0.4, -0.2) is 19.1 Å². The summed E-state index contributed by atoms with van der Waals surface area (Å²) in [5.41, 5.74) is 0.529. The van der Waals surface area contributed by atoms with Crippen LogP contribution in [0.2, 0.25) is 5.02 Å². The monoisotopic (exact) mass is 287 g/mol. The van der Waals surface area contributed by atoms with Crippen molar-refractivity contribution in [2.75, 3.05) is 7.11 Å². The molecule has 3 nitrogen and oxygen atoms in total. The number of esters is 1. The number of nitrogens with one attached hydrogen (secondary N) is 1. The van der Waals surface area contributed by atoms with Gasteiger partial charge in [-0.2, -0.15) is 0 Å². The number of carbonyl (C=O) groups excluding carboxylic acids is 1. The van der Waals surface area contributed by atoms with Crippen LogP contribution in [0, 0.1) is 11.2 Å². The van der Waals surface area contributed by atoms with Crippen LogP contribution in [0.5, 0.6) is 0 Å². The Labute approximate surface area is 118 Å². The third-order valence-electron chi connectivity index (χ3n) is 2.80. The molecule has 1 aromatic rings. The van der Waals surface area contributed by atoms with Crippen molar-refractivity contribution in [2.24, 2.45) is 5.41 Å². The fourth-order valence-corrected chi connectivity index (χ4v) is 1.93. The maximum absolute atomic E-state index is 13.0. The van der Waals surface area contributed by atoms with Crippen molar-refractivity contribution in [3.05, 3.63) is 34.6 Å². The molecule has 0 heterocycles. The zero-order valence-corrected chi connectivity index (χ0v) is 12.3. The SMILES string of the molecule is COC(=O)C(NCc1ccc(F)c(Cl)c1)C(C)(C)C. The van der Waals surface area contributed by atoms with Gasteiger partial charge in [0.15, 0.2) is 0 Å². The second-order valence-corrected chi connectivity index (χ2v) is 5.86. The molecule has 0 spiro atoms. The van der Waals surface area contributed by atoms with Gasteiger partial charge in [-0.05, 0) is 23.1 Å². The van der Waals surface area contributed by atoms with E-state index in [0.29, 0.717) is 6.54 Å². The number of carbonyl (C=O) groups is 1. The molecule has 1 unspecified atom stereocenters. The Hall–Kier alpha value is -1.13. The van der Waals surface area contributed by atoms with E-state index in [-0.39, 0.29) is 16.4 Å². The second kappa shape index (κ2) is 6.35. The van der Waals surface area contributed by atoms with Gasteiger partial charge in [-0.1, -0.05) is 38.4 Å². The van der Waals surface area contributed by atoms with Gasteiger partial charge in [-0.3, -0.25) is 10.1 Å². The van der Waals surface area contributed by atoms with E-state index in [9.17, 15) is 9.18 Å². The van der Waals surface area contributed by atoms with Gasteiger partial charge in [0.05, 0.1) is 12.1 Å². The summed E-state index contributed by atoms with van der Waals surface area (Å²) >= 11 is 5.71. The summed E-state index contributed by atoms with van der Waals surface area (Å²) in [6, 6.07) is 4.04. The number of halogens is 2. The molecule has 0 bridgehead atoms. The highest BCUT2D eigenvalue weighted by molar-refractivity contribution is 6.30. The predicted molar refractivity (Wildman–Crippen MR) is 73.5 cm³/mol. The van der Waals surface area contributed by atoms with Gasteiger partial charge in [0.1, 0.15) is 11.9 Å². The van der Waals surface area contributed by atoms with E-state index >= 15 is 0 Å². The minimum absolute atomic E-state index is 0.0738. The Morgan fingerprint density at radius 1 is 1.47 bits per heavy atom. The topological polar surface area (TPSA) is 38.3 Å². The zero-order valence-electron chi connectivity index (χ0n) is 11.6. The zero-order chi connectivity index (χ0) is 14.6. The lowest BCUT2D eigenvalue weighted by atomic mass is 9.86. The first-order valence-electron chi connectivity index (χ1n) is 6.01. The highest BCUT2D eigenvalue weighted by atomic mass is 35.5. The van der Waals surface area contributed by atoms with Crippen molar-refractivity contribution in [3.8, 4) is 0 Å². The molecule has 1 rings (SSSR count). The Bertz CT molecular complexity index is 457. The van der Waals surface area contributed by atoms with E-state index in [1.807, 2.05) is 20.8 Å². The molecule has 1 aromatic carbocycles. The average Bonchev–Trinajstić information content (AvgIpc) is 2.31. The molecule has 0 aliphatic carbocycles. The van der Waals surface area contributed by atoms with Crippen molar-refractivity contribution < 1.29 is 13.9 Å². The summed E-state index contributed by atoms with van der Waals surface area (Å²) in [7, 11) is 1.36. The van der Waals surface area contributed by atoms with Crippen LogP contribution in [0.4, 0.5) is 4.39 Å². The lowest BCUT2D eigenvalue weighted by Gasteiger charge is -2.29. The quantitative estimate of drug-likeness (QED) is 0.865. The number of hydrogen-bond acceptors (Lipinski definition) is 3. The summed E-state index contributed by atoms with van der Waals surface area (Å²) in [4.78, 5) is 11.7. The Morgan fingerprint density at radius 2 is 2.11 bits per heavy atom.